The third-order valence-corrected chi connectivity index (χ3v) is 4.90. The summed E-state index contributed by atoms with van der Waals surface area (Å²) < 4.78 is 0. The summed E-state index contributed by atoms with van der Waals surface area (Å²) in [7, 11) is 0. The van der Waals surface area contributed by atoms with Crippen molar-refractivity contribution in [2.75, 3.05) is 5.73 Å². The van der Waals surface area contributed by atoms with Gasteiger partial charge in [-0.1, -0.05) is 13.3 Å². The van der Waals surface area contributed by atoms with E-state index < -0.39 is 0 Å². The van der Waals surface area contributed by atoms with Crippen molar-refractivity contribution in [1.29, 1.82) is 0 Å². The first-order chi connectivity index (χ1) is 7.78. The maximum absolute atomic E-state index is 5.69. The van der Waals surface area contributed by atoms with Crippen molar-refractivity contribution in [1.82, 2.24) is 0 Å². The van der Waals surface area contributed by atoms with Crippen molar-refractivity contribution in [3.63, 3.8) is 0 Å². The van der Waals surface area contributed by atoms with Crippen molar-refractivity contribution < 1.29 is 0 Å². The number of thioether (sulfide) groups is 1. The molecule has 1 fully saturated rings. The Morgan fingerprint density at radius 2 is 1.75 bits per heavy atom. The van der Waals surface area contributed by atoms with Gasteiger partial charge in [0.1, 0.15) is 0 Å². The topological polar surface area (TPSA) is 26.0 Å². The second kappa shape index (κ2) is 5.62. The Hall–Kier alpha value is -0.630. The summed E-state index contributed by atoms with van der Waals surface area (Å²) >= 11 is 2.03. The lowest BCUT2D eigenvalue weighted by Gasteiger charge is -2.27. The number of hydrogen-bond acceptors (Lipinski definition) is 2. The van der Waals surface area contributed by atoms with Gasteiger partial charge in [0.2, 0.25) is 0 Å². The quantitative estimate of drug-likeness (QED) is 0.789. The van der Waals surface area contributed by atoms with Gasteiger partial charge < -0.3 is 5.73 Å². The molecule has 2 rings (SSSR count). The maximum atomic E-state index is 5.69. The lowest BCUT2D eigenvalue weighted by Crippen LogP contribution is -2.15. The summed E-state index contributed by atoms with van der Waals surface area (Å²) in [5.74, 6) is 0.989. The van der Waals surface area contributed by atoms with Crippen molar-refractivity contribution in [3.8, 4) is 0 Å². The van der Waals surface area contributed by atoms with Gasteiger partial charge in [-0.15, -0.1) is 11.8 Å². The lowest BCUT2D eigenvalue weighted by atomic mass is 9.87. The van der Waals surface area contributed by atoms with E-state index in [9.17, 15) is 0 Å². The second-order valence-corrected chi connectivity index (χ2v) is 6.11. The summed E-state index contributed by atoms with van der Waals surface area (Å²) in [6, 6.07) is 8.29. The van der Waals surface area contributed by atoms with Gasteiger partial charge in [0.15, 0.2) is 0 Å². The molecular formula is C14H21NS. The molecule has 0 radical (unpaired) electrons. The molecule has 2 heteroatoms. The first-order valence-electron chi connectivity index (χ1n) is 6.30. The number of hydrogen-bond donors (Lipinski definition) is 1. The van der Waals surface area contributed by atoms with Crippen molar-refractivity contribution in [2.45, 2.75) is 49.2 Å². The summed E-state index contributed by atoms with van der Waals surface area (Å²) in [4.78, 5) is 1.37. The van der Waals surface area contributed by atoms with Gasteiger partial charge in [-0.25, -0.2) is 0 Å². The highest BCUT2D eigenvalue weighted by atomic mass is 32.2. The van der Waals surface area contributed by atoms with E-state index in [2.05, 4.69) is 19.1 Å². The van der Waals surface area contributed by atoms with E-state index in [-0.39, 0.29) is 0 Å². The van der Waals surface area contributed by atoms with Crippen LogP contribution in [0.25, 0.3) is 0 Å². The number of benzene rings is 1. The average Bonchev–Trinajstić information content (AvgIpc) is 2.33. The minimum absolute atomic E-state index is 0.825. The number of nitrogens with two attached hydrogens (primary N) is 1. The SMILES string of the molecule is CCC1CCC(Sc2ccc(N)cc2)CC1. The van der Waals surface area contributed by atoms with Crippen LogP contribution >= 0.6 is 11.8 Å². The average molecular weight is 235 g/mol. The first-order valence-corrected chi connectivity index (χ1v) is 7.18. The molecule has 0 aliphatic heterocycles. The van der Waals surface area contributed by atoms with Crippen LogP contribution in [0.15, 0.2) is 29.2 Å². The number of nitrogen functional groups attached to an aromatic ring is 1. The Labute approximate surface area is 103 Å². The highest BCUT2D eigenvalue weighted by molar-refractivity contribution is 8.00. The molecule has 0 heterocycles. The van der Waals surface area contributed by atoms with Gasteiger partial charge in [0.25, 0.3) is 0 Å². The summed E-state index contributed by atoms with van der Waals surface area (Å²) in [6.45, 7) is 2.32. The zero-order chi connectivity index (χ0) is 11.4. The summed E-state index contributed by atoms with van der Waals surface area (Å²) in [6.07, 6.45) is 6.96. The molecule has 0 atom stereocenters. The van der Waals surface area contributed by atoms with E-state index in [4.69, 9.17) is 5.73 Å². The smallest absolute Gasteiger partial charge is 0.0314 e. The number of rotatable bonds is 3. The van der Waals surface area contributed by atoms with Crippen LogP contribution in [0.3, 0.4) is 0 Å². The number of anilines is 1. The Morgan fingerprint density at radius 3 is 2.31 bits per heavy atom. The Bertz CT molecular complexity index is 312. The molecule has 0 saturated heterocycles. The normalized spacial score (nSPS) is 25.6. The molecule has 0 bridgehead atoms. The molecule has 16 heavy (non-hydrogen) atoms. The van der Waals surface area contributed by atoms with Crippen LogP contribution in [0.1, 0.15) is 39.0 Å². The van der Waals surface area contributed by atoms with Crippen LogP contribution in [0.5, 0.6) is 0 Å². The van der Waals surface area contributed by atoms with Crippen molar-refractivity contribution in [3.05, 3.63) is 24.3 Å². The maximum Gasteiger partial charge on any atom is 0.0314 e. The Morgan fingerprint density at radius 1 is 1.12 bits per heavy atom. The fraction of sp³-hybridized carbons (Fsp3) is 0.571. The standard InChI is InChI=1S/C14H21NS/c1-2-11-3-7-13(8-4-11)16-14-9-5-12(15)6-10-14/h5-6,9-11,13H,2-4,7-8,15H2,1H3. The predicted octanol–water partition coefficient (Wildman–Crippen LogP) is 4.33. The van der Waals surface area contributed by atoms with E-state index >= 15 is 0 Å². The predicted molar refractivity (Wildman–Crippen MR) is 72.7 cm³/mol. The third kappa shape index (κ3) is 3.18. The molecule has 0 aromatic heterocycles. The molecule has 1 saturated carbocycles. The Kier molecular flexibility index (Phi) is 4.16. The molecule has 88 valence electrons. The highest BCUT2D eigenvalue weighted by Crippen LogP contribution is 2.36. The van der Waals surface area contributed by atoms with Gasteiger partial charge in [0.05, 0.1) is 0 Å². The lowest BCUT2D eigenvalue weighted by molar-refractivity contribution is 0.356. The largest absolute Gasteiger partial charge is 0.399 e. The first kappa shape index (κ1) is 11.8. The molecule has 0 spiro atoms. The molecule has 1 aliphatic carbocycles. The summed E-state index contributed by atoms with van der Waals surface area (Å²) in [5.41, 5.74) is 6.55. The fourth-order valence-electron chi connectivity index (χ4n) is 2.40. The van der Waals surface area contributed by atoms with Crippen LogP contribution in [0.4, 0.5) is 5.69 Å². The minimum Gasteiger partial charge on any atom is -0.399 e. The second-order valence-electron chi connectivity index (χ2n) is 4.74. The third-order valence-electron chi connectivity index (χ3n) is 3.55. The highest BCUT2D eigenvalue weighted by Gasteiger charge is 2.20. The molecule has 2 N–H and O–H groups in total. The van der Waals surface area contributed by atoms with E-state index in [1.165, 1.54) is 37.0 Å². The van der Waals surface area contributed by atoms with Gasteiger partial charge in [-0.2, -0.15) is 0 Å². The monoisotopic (exact) mass is 235 g/mol. The van der Waals surface area contributed by atoms with Gasteiger partial charge >= 0.3 is 0 Å². The zero-order valence-corrected chi connectivity index (χ0v) is 10.8. The molecule has 0 amide bonds. The minimum atomic E-state index is 0.825. The molecule has 0 unspecified atom stereocenters. The molecule has 1 aromatic carbocycles. The zero-order valence-electron chi connectivity index (χ0n) is 9.99. The van der Waals surface area contributed by atoms with Gasteiger partial charge in [-0.05, 0) is 55.9 Å². The van der Waals surface area contributed by atoms with Gasteiger partial charge in [0, 0.05) is 15.8 Å². The Balaban J connectivity index is 1.84. The van der Waals surface area contributed by atoms with Crippen LogP contribution in [0, 0.1) is 5.92 Å². The molecule has 1 aromatic rings. The van der Waals surface area contributed by atoms with Crippen LogP contribution in [-0.4, -0.2) is 5.25 Å². The van der Waals surface area contributed by atoms with E-state index in [0.717, 1.165) is 16.9 Å². The van der Waals surface area contributed by atoms with Crippen molar-refractivity contribution in [2.24, 2.45) is 5.92 Å². The van der Waals surface area contributed by atoms with Crippen LogP contribution < -0.4 is 5.73 Å². The van der Waals surface area contributed by atoms with Crippen molar-refractivity contribution >= 4 is 17.4 Å². The molecule has 1 aliphatic rings. The molecule has 1 nitrogen and oxygen atoms in total. The van der Waals surface area contributed by atoms with E-state index in [1.807, 2.05) is 23.9 Å². The van der Waals surface area contributed by atoms with E-state index in [1.54, 1.807) is 0 Å². The van der Waals surface area contributed by atoms with Gasteiger partial charge in [-0.3, -0.25) is 0 Å². The van der Waals surface area contributed by atoms with E-state index in [0.29, 0.717) is 0 Å². The summed E-state index contributed by atoms with van der Waals surface area (Å²) in [5, 5.41) is 0.825. The van der Waals surface area contributed by atoms with Crippen LogP contribution in [0.2, 0.25) is 0 Å². The fourth-order valence-corrected chi connectivity index (χ4v) is 3.58. The molecular weight excluding hydrogens is 214 g/mol. The van der Waals surface area contributed by atoms with Crippen LogP contribution in [-0.2, 0) is 0 Å².